The maximum Gasteiger partial charge on any atom is 0.222 e. The van der Waals surface area contributed by atoms with Crippen LogP contribution in [0.25, 0.3) is 0 Å². The number of ketones is 1. The van der Waals surface area contributed by atoms with Gasteiger partial charge in [-0.1, -0.05) is 35.3 Å². The van der Waals surface area contributed by atoms with Crippen LogP contribution in [0.4, 0.5) is 0 Å². The number of ether oxygens (including phenoxy) is 1. The van der Waals surface area contributed by atoms with Gasteiger partial charge in [0.1, 0.15) is 11.4 Å². The molecule has 0 radical (unpaired) electrons. The summed E-state index contributed by atoms with van der Waals surface area (Å²) in [7, 11) is 0. The van der Waals surface area contributed by atoms with Crippen LogP contribution in [0.15, 0.2) is 36.4 Å². The molecule has 2 aromatic rings. The number of halogens is 2. The fourth-order valence-corrected chi connectivity index (χ4v) is 4.41. The molecule has 0 aromatic heterocycles. The van der Waals surface area contributed by atoms with Crippen LogP contribution >= 0.6 is 23.2 Å². The van der Waals surface area contributed by atoms with Gasteiger partial charge in [-0.15, -0.1) is 0 Å². The van der Waals surface area contributed by atoms with E-state index in [0.717, 1.165) is 11.1 Å². The van der Waals surface area contributed by atoms with Crippen LogP contribution in [-0.2, 0) is 11.2 Å². The quantitative estimate of drug-likeness (QED) is 0.665. The van der Waals surface area contributed by atoms with Crippen molar-refractivity contribution in [1.29, 1.82) is 0 Å². The molecule has 1 saturated heterocycles. The molecule has 29 heavy (non-hydrogen) atoms. The highest BCUT2D eigenvalue weighted by Crippen LogP contribution is 2.41. The molecule has 4 rings (SSSR count). The molecule has 0 atom stereocenters. The molecule has 1 fully saturated rings. The van der Waals surface area contributed by atoms with Crippen molar-refractivity contribution >= 4 is 34.9 Å². The zero-order valence-electron chi connectivity index (χ0n) is 16.3. The average molecular weight is 432 g/mol. The Kier molecular flexibility index (Phi) is 5.58. The van der Waals surface area contributed by atoms with Crippen molar-refractivity contribution in [3.63, 3.8) is 0 Å². The summed E-state index contributed by atoms with van der Waals surface area (Å²) >= 11 is 12.1. The maximum atomic E-state index is 12.7. The van der Waals surface area contributed by atoms with Gasteiger partial charge in [-0.25, -0.2) is 0 Å². The molecule has 1 spiro atoms. The van der Waals surface area contributed by atoms with Crippen molar-refractivity contribution in [2.45, 2.75) is 44.6 Å². The smallest absolute Gasteiger partial charge is 0.222 e. The number of carbonyl (C=O) groups excluding carboxylic acids is 2. The number of benzene rings is 2. The number of amides is 1. The van der Waals surface area contributed by atoms with Crippen molar-refractivity contribution in [2.24, 2.45) is 0 Å². The number of rotatable bonds is 3. The molecule has 0 N–H and O–H groups in total. The molecule has 0 bridgehead atoms. The Morgan fingerprint density at radius 2 is 1.83 bits per heavy atom. The van der Waals surface area contributed by atoms with E-state index < -0.39 is 5.60 Å². The molecule has 2 aliphatic rings. The van der Waals surface area contributed by atoms with E-state index in [-0.39, 0.29) is 11.7 Å². The van der Waals surface area contributed by atoms with Gasteiger partial charge in [-0.05, 0) is 48.7 Å². The largest absolute Gasteiger partial charge is 0.486 e. The van der Waals surface area contributed by atoms with Gasteiger partial charge in [-0.2, -0.15) is 0 Å². The maximum absolute atomic E-state index is 12.7. The van der Waals surface area contributed by atoms with Crippen LogP contribution in [0, 0.1) is 6.92 Å². The van der Waals surface area contributed by atoms with Gasteiger partial charge >= 0.3 is 0 Å². The first-order valence-electron chi connectivity index (χ1n) is 9.90. The number of piperidine rings is 1. The predicted molar refractivity (Wildman–Crippen MR) is 114 cm³/mol. The summed E-state index contributed by atoms with van der Waals surface area (Å²) in [5, 5.41) is 1.28. The van der Waals surface area contributed by atoms with Crippen LogP contribution < -0.4 is 4.74 Å². The average Bonchev–Trinajstić information content (AvgIpc) is 2.69. The van der Waals surface area contributed by atoms with Crippen LogP contribution in [0.5, 0.6) is 5.75 Å². The van der Waals surface area contributed by atoms with Gasteiger partial charge in [0.05, 0.1) is 12.0 Å². The minimum absolute atomic E-state index is 0.0654. The van der Waals surface area contributed by atoms with Gasteiger partial charge in [0.2, 0.25) is 5.91 Å². The molecule has 0 saturated carbocycles. The summed E-state index contributed by atoms with van der Waals surface area (Å²) in [6.45, 7) is 3.11. The van der Waals surface area contributed by atoms with Crippen molar-refractivity contribution in [1.82, 2.24) is 4.90 Å². The number of fused-ring (bicyclic) bond motifs is 1. The molecule has 2 heterocycles. The van der Waals surface area contributed by atoms with Crippen molar-refractivity contribution in [2.75, 3.05) is 13.1 Å². The number of aryl methyl sites for hydroxylation is 2. The molecule has 152 valence electrons. The van der Waals surface area contributed by atoms with Crippen LogP contribution in [0.3, 0.4) is 0 Å². The van der Waals surface area contributed by atoms with E-state index in [1.807, 2.05) is 42.2 Å². The summed E-state index contributed by atoms with van der Waals surface area (Å²) in [6, 6.07) is 11.1. The lowest BCUT2D eigenvalue weighted by atomic mass is 9.82. The van der Waals surface area contributed by atoms with Gasteiger partial charge in [0, 0.05) is 42.4 Å². The molecule has 6 heteroatoms. The Hall–Kier alpha value is -2.04. The first-order valence-corrected chi connectivity index (χ1v) is 10.7. The van der Waals surface area contributed by atoms with Crippen molar-refractivity contribution < 1.29 is 14.3 Å². The Morgan fingerprint density at radius 1 is 1.14 bits per heavy atom. The van der Waals surface area contributed by atoms with E-state index in [1.165, 1.54) is 0 Å². The third-order valence-electron chi connectivity index (χ3n) is 5.94. The lowest BCUT2D eigenvalue weighted by Gasteiger charge is -2.44. The number of carbonyl (C=O) groups is 2. The van der Waals surface area contributed by atoms with Gasteiger partial charge in [-0.3, -0.25) is 9.59 Å². The van der Waals surface area contributed by atoms with E-state index in [0.29, 0.717) is 66.6 Å². The van der Waals surface area contributed by atoms with E-state index in [1.54, 1.807) is 6.07 Å². The molecular weight excluding hydrogens is 409 g/mol. The summed E-state index contributed by atoms with van der Waals surface area (Å²) in [5.41, 5.74) is 2.04. The summed E-state index contributed by atoms with van der Waals surface area (Å²) in [5.74, 6) is 0.821. The third-order valence-corrected chi connectivity index (χ3v) is 6.60. The molecular formula is C23H23Cl2NO3. The molecule has 1 amide bonds. The van der Waals surface area contributed by atoms with E-state index in [9.17, 15) is 9.59 Å². The van der Waals surface area contributed by atoms with Crippen LogP contribution in [0.1, 0.15) is 47.2 Å². The summed E-state index contributed by atoms with van der Waals surface area (Å²) in [6.07, 6.45) is 2.82. The Bertz CT molecular complexity index is 947. The van der Waals surface area contributed by atoms with Crippen LogP contribution in [-0.4, -0.2) is 35.3 Å². The highest BCUT2D eigenvalue weighted by molar-refractivity contribution is 6.32. The SMILES string of the molecule is Cc1cc2c(cc1Cl)C(=O)CC1(CCN(C(=O)CCc3ccc(Cl)cc3)CC1)O2. The van der Waals surface area contributed by atoms with E-state index in [4.69, 9.17) is 27.9 Å². The summed E-state index contributed by atoms with van der Waals surface area (Å²) in [4.78, 5) is 27.2. The summed E-state index contributed by atoms with van der Waals surface area (Å²) < 4.78 is 6.31. The number of hydrogen-bond acceptors (Lipinski definition) is 3. The fourth-order valence-electron chi connectivity index (χ4n) is 4.12. The Balaban J connectivity index is 1.37. The third kappa shape index (κ3) is 4.29. The number of likely N-dealkylation sites (tertiary alicyclic amines) is 1. The van der Waals surface area contributed by atoms with Gasteiger partial charge < -0.3 is 9.64 Å². The lowest BCUT2D eigenvalue weighted by Crippen LogP contribution is -2.52. The Labute approximate surface area is 180 Å². The second-order valence-electron chi connectivity index (χ2n) is 7.99. The predicted octanol–water partition coefficient (Wildman–Crippen LogP) is 5.26. The van der Waals surface area contributed by atoms with E-state index >= 15 is 0 Å². The number of hydrogen-bond donors (Lipinski definition) is 0. The fraction of sp³-hybridized carbons (Fsp3) is 0.391. The molecule has 0 unspecified atom stereocenters. The first kappa shape index (κ1) is 20.2. The highest BCUT2D eigenvalue weighted by Gasteiger charge is 2.43. The van der Waals surface area contributed by atoms with Gasteiger partial charge in [0.15, 0.2) is 5.78 Å². The monoisotopic (exact) mass is 431 g/mol. The molecule has 0 aliphatic carbocycles. The lowest BCUT2D eigenvalue weighted by molar-refractivity contribution is -0.134. The molecule has 2 aliphatic heterocycles. The topological polar surface area (TPSA) is 46.6 Å². The zero-order valence-corrected chi connectivity index (χ0v) is 17.9. The standard InChI is InChI=1S/C23H23Cl2NO3/c1-15-12-21-18(13-19(15)25)20(27)14-23(29-21)8-10-26(11-9-23)22(28)7-4-16-2-5-17(24)6-3-16/h2-3,5-6,12-13H,4,7-11,14H2,1H3. The second-order valence-corrected chi connectivity index (χ2v) is 8.83. The molecule has 4 nitrogen and oxygen atoms in total. The highest BCUT2D eigenvalue weighted by atomic mass is 35.5. The number of Topliss-reactive ketones (excluding diaryl/α,β-unsaturated/α-hetero) is 1. The minimum Gasteiger partial charge on any atom is -0.486 e. The van der Waals surface area contributed by atoms with E-state index in [2.05, 4.69) is 0 Å². The van der Waals surface area contributed by atoms with Crippen molar-refractivity contribution in [3.05, 3.63) is 63.1 Å². The second kappa shape index (κ2) is 8.00. The molecule has 2 aromatic carbocycles. The zero-order chi connectivity index (χ0) is 20.6. The first-order chi connectivity index (χ1) is 13.8. The van der Waals surface area contributed by atoms with Crippen molar-refractivity contribution in [3.8, 4) is 5.75 Å². The van der Waals surface area contributed by atoms with Crippen LogP contribution in [0.2, 0.25) is 10.0 Å². The minimum atomic E-state index is -0.517. The van der Waals surface area contributed by atoms with Gasteiger partial charge in [0.25, 0.3) is 0 Å². The number of nitrogens with zero attached hydrogens (tertiary/aromatic N) is 1. The normalized spacial score (nSPS) is 17.8. The Morgan fingerprint density at radius 3 is 2.52 bits per heavy atom.